The molecule has 0 bridgehead atoms. The van der Waals surface area contributed by atoms with Crippen molar-refractivity contribution in [3.63, 3.8) is 0 Å². The standard InChI is InChI=1S/C11H20N4O2/c1-15-6-4-9(14-15)3-5-13-11(16)7-10(8-12)17-2/h4,6,10H,3,5,7-8,12H2,1-2H3,(H,13,16). The molecule has 6 nitrogen and oxygen atoms in total. The number of hydrogen-bond acceptors (Lipinski definition) is 4. The van der Waals surface area contributed by atoms with Crippen LogP contribution in [0.3, 0.4) is 0 Å². The molecule has 1 aromatic heterocycles. The zero-order chi connectivity index (χ0) is 12.7. The molecule has 6 heteroatoms. The molecule has 0 fully saturated rings. The molecule has 0 saturated heterocycles. The molecule has 0 spiro atoms. The van der Waals surface area contributed by atoms with Gasteiger partial charge in [0.05, 0.1) is 18.2 Å². The van der Waals surface area contributed by atoms with Gasteiger partial charge in [-0.05, 0) is 6.07 Å². The lowest BCUT2D eigenvalue weighted by molar-refractivity contribution is -0.123. The molecule has 0 radical (unpaired) electrons. The van der Waals surface area contributed by atoms with Gasteiger partial charge in [0, 0.05) is 39.9 Å². The molecule has 96 valence electrons. The topological polar surface area (TPSA) is 82.2 Å². The van der Waals surface area contributed by atoms with Crippen LogP contribution in [0.2, 0.25) is 0 Å². The fraction of sp³-hybridized carbons (Fsp3) is 0.636. The van der Waals surface area contributed by atoms with Crippen LogP contribution in [0, 0.1) is 0 Å². The second-order valence-electron chi connectivity index (χ2n) is 3.88. The number of nitrogens with zero attached hydrogens (tertiary/aromatic N) is 2. The van der Waals surface area contributed by atoms with Gasteiger partial charge >= 0.3 is 0 Å². The van der Waals surface area contributed by atoms with Gasteiger partial charge in [-0.15, -0.1) is 0 Å². The van der Waals surface area contributed by atoms with E-state index in [-0.39, 0.29) is 12.0 Å². The van der Waals surface area contributed by atoms with Crippen LogP contribution < -0.4 is 11.1 Å². The van der Waals surface area contributed by atoms with Crippen LogP contribution in [-0.4, -0.2) is 42.0 Å². The molecule has 0 aliphatic heterocycles. The molecule has 1 heterocycles. The van der Waals surface area contributed by atoms with Crippen LogP contribution in [0.15, 0.2) is 12.3 Å². The SMILES string of the molecule is COC(CN)CC(=O)NCCc1ccn(C)n1. The van der Waals surface area contributed by atoms with Gasteiger partial charge in [-0.3, -0.25) is 9.48 Å². The van der Waals surface area contributed by atoms with E-state index in [1.54, 1.807) is 11.8 Å². The Morgan fingerprint density at radius 3 is 3.00 bits per heavy atom. The lowest BCUT2D eigenvalue weighted by Crippen LogP contribution is -2.33. The van der Waals surface area contributed by atoms with Gasteiger partial charge in [0.15, 0.2) is 0 Å². The van der Waals surface area contributed by atoms with Crippen molar-refractivity contribution in [1.29, 1.82) is 0 Å². The third-order valence-electron chi connectivity index (χ3n) is 2.48. The first kappa shape index (κ1) is 13.7. The van der Waals surface area contributed by atoms with Gasteiger partial charge in [0.25, 0.3) is 0 Å². The Labute approximate surface area is 101 Å². The Kier molecular flexibility index (Phi) is 5.65. The highest BCUT2D eigenvalue weighted by atomic mass is 16.5. The summed E-state index contributed by atoms with van der Waals surface area (Å²) in [4.78, 5) is 11.5. The summed E-state index contributed by atoms with van der Waals surface area (Å²) >= 11 is 0. The third kappa shape index (κ3) is 4.97. The summed E-state index contributed by atoms with van der Waals surface area (Å²) in [5.41, 5.74) is 6.40. The largest absolute Gasteiger partial charge is 0.380 e. The Balaban J connectivity index is 2.20. The average Bonchev–Trinajstić information content (AvgIpc) is 2.72. The zero-order valence-corrected chi connectivity index (χ0v) is 10.3. The van der Waals surface area contributed by atoms with Crippen molar-refractivity contribution in [3.8, 4) is 0 Å². The smallest absolute Gasteiger partial charge is 0.222 e. The molecule has 0 aliphatic rings. The van der Waals surface area contributed by atoms with Gasteiger partial charge < -0.3 is 15.8 Å². The van der Waals surface area contributed by atoms with E-state index in [9.17, 15) is 4.79 Å². The lowest BCUT2D eigenvalue weighted by Gasteiger charge is -2.12. The lowest BCUT2D eigenvalue weighted by atomic mass is 10.2. The van der Waals surface area contributed by atoms with Gasteiger partial charge in [0.1, 0.15) is 0 Å². The quantitative estimate of drug-likeness (QED) is 0.669. The van der Waals surface area contributed by atoms with Gasteiger partial charge in [0.2, 0.25) is 5.91 Å². The van der Waals surface area contributed by atoms with Crippen molar-refractivity contribution in [2.75, 3.05) is 20.2 Å². The van der Waals surface area contributed by atoms with Crippen molar-refractivity contribution >= 4 is 5.91 Å². The first-order chi connectivity index (χ1) is 8.15. The Morgan fingerprint density at radius 1 is 1.71 bits per heavy atom. The predicted octanol–water partition coefficient (Wildman–Crippen LogP) is -0.557. The van der Waals surface area contributed by atoms with E-state index < -0.39 is 0 Å². The first-order valence-electron chi connectivity index (χ1n) is 5.63. The van der Waals surface area contributed by atoms with Crippen LogP contribution in [0.25, 0.3) is 0 Å². The van der Waals surface area contributed by atoms with Crippen LogP contribution in [-0.2, 0) is 23.0 Å². The summed E-state index contributed by atoms with van der Waals surface area (Å²) in [7, 11) is 3.42. The molecule has 0 aliphatic carbocycles. The second-order valence-corrected chi connectivity index (χ2v) is 3.88. The Morgan fingerprint density at radius 2 is 2.47 bits per heavy atom. The first-order valence-corrected chi connectivity index (χ1v) is 5.63. The normalized spacial score (nSPS) is 12.4. The third-order valence-corrected chi connectivity index (χ3v) is 2.48. The van der Waals surface area contributed by atoms with E-state index in [0.29, 0.717) is 19.5 Å². The van der Waals surface area contributed by atoms with Crippen molar-refractivity contribution in [1.82, 2.24) is 15.1 Å². The predicted molar refractivity (Wildman–Crippen MR) is 64.4 cm³/mol. The van der Waals surface area contributed by atoms with Gasteiger partial charge in [-0.2, -0.15) is 5.10 Å². The summed E-state index contributed by atoms with van der Waals surface area (Å²) in [5, 5.41) is 7.04. The number of nitrogens with two attached hydrogens (primary N) is 1. The second kappa shape index (κ2) is 7.03. The number of methoxy groups -OCH3 is 1. The van der Waals surface area contributed by atoms with Gasteiger partial charge in [-0.25, -0.2) is 0 Å². The molecule has 1 rings (SSSR count). The molecule has 1 unspecified atom stereocenters. The molecular formula is C11H20N4O2. The molecule has 0 aromatic carbocycles. The molecule has 0 saturated carbocycles. The summed E-state index contributed by atoms with van der Waals surface area (Å²) in [6.45, 7) is 0.932. The maximum atomic E-state index is 11.5. The zero-order valence-electron chi connectivity index (χ0n) is 10.3. The van der Waals surface area contributed by atoms with E-state index in [1.807, 2.05) is 19.3 Å². The minimum absolute atomic E-state index is 0.0433. The molecule has 1 atom stereocenters. The van der Waals surface area contributed by atoms with Crippen molar-refractivity contribution < 1.29 is 9.53 Å². The summed E-state index contributed by atoms with van der Waals surface area (Å²) < 4.78 is 6.78. The Bertz CT molecular complexity index is 347. The number of hydrogen-bond donors (Lipinski definition) is 2. The number of ether oxygens (including phenoxy) is 1. The highest BCUT2D eigenvalue weighted by Crippen LogP contribution is 1.96. The van der Waals surface area contributed by atoms with Crippen LogP contribution in [0.1, 0.15) is 12.1 Å². The molecule has 1 amide bonds. The van der Waals surface area contributed by atoms with E-state index >= 15 is 0 Å². The monoisotopic (exact) mass is 240 g/mol. The summed E-state index contributed by atoms with van der Waals surface area (Å²) in [5.74, 6) is -0.0433. The number of amides is 1. The number of aryl methyl sites for hydroxylation is 1. The van der Waals surface area contributed by atoms with Crippen LogP contribution >= 0.6 is 0 Å². The highest BCUT2D eigenvalue weighted by molar-refractivity contribution is 5.76. The van der Waals surface area contributed by atoms with Gasteiger partial charge in [-0.1, -0.05) is 0 Å². The van der Waals surface area contributed by atoms with E-state index in [1.165, 1.54) is 0 Å². The fourth-order valence-corrected chi connectivity index (χ4v) is 1.47. The number of carbonyl (C=O) groups is 1. The summed E-state index contributed by atoms with van der Waals surface area (Å²) in [6.07, 6.45) is 2.71. The number of nitrogens with one attached hydrogen (secondary N) is 1. The molecule has 1 aromatic rings. The van der Waals surface area contributed by atoms with E-state index in [2.05, 4.69) is 10.4 Å². The minimum atomic E-state index is -0.204. The maximum absolute atomic E-state index is 11.5. The molecule has 17 heavy (non-hydrogen) atoms. The van der Waals surface area contributed by atoms with Crippen molar-refractivity contribution in [3.05, 3.63) is 18.0 Å². The highest BCUT2D eigenvalue weighted by Gasteiger charge is 2.10. The van der Waals surface area contributed by atoms with Crippen LogP contribution in [0.4, 0.5) is 0 Å². The molecular weight excluding hydrogens is 220 g/mol. The van der Waals surface area contributed by atoms with Crippen molar-refractivity contribution in [2.24, 2.45) is 12.8 Å². The number of carbonyl (C=O) groups excluding carboxylic acids is 1. The van der Waals surface area contributed by atoms with Crippen molar-refractivity contribution in [2.45, 2.75) is 18.9 Å². The Hall–Kier alpha value is -1.40. The fourth-order valence-electron chi connectivity index (χ4n) is 1.47. The summed E-state index contributed by atoms with van der Waals surface area (Å²) in [6, 6.07) is 1.93. The molecule has 3 N–H and O–H groups in total. The number of aromatic nitrogens is 2. The maximum Gasteiger partial charge on any atom is 0.222 e. The van der Waals surface area contributed by atoms with E-state index in [0.717, 1.165) is 12.1 Å². The number of rotatable bonds is 7. The van der Waals surface area contributed by atoms with Crippen LogP contribution in [0.5, 0.6) is 0 Å². The average molecular weight is 240 g/mol. The minimum Gasteiger partial charge on any atom is -0.380 e. The van der Waals surface area contributed by atoms with E-state index in [4.69, 9.17) is 10.5 Å².